The third-order valence-corrected chi connectivity index (χ3v) is 4.35. The summed E-state index contributed by atoms with van der Waals surface area (Å²) < 4.78 is 5.62. The van der Waals surface area contributed by atoms with Gasteiger partial charge in [0.25, 0.3) is 5.91 Å². The van der Waals surface area contributed by atoms with Crippen molar-refractivity contribution < 1.29 is 19.4 Å². The van der Waals surface area contributed by atoms with Crippen molar-refractivity contribution in [1.29, 1.82) is 0 Å². The predicted octanol–water partition coefficient (Wildman–Crippen LogP) is 4.27. The molecular formula is C20H15Cl2LiN2O4. The third-order valence-electron chi connectivity index (χ3n) is 3.80. The summed E-state index contributed by atoms with van der Waals surface area (Å²) in [6.45, 7) is 0.258. The van der Waals surface area contributed by atoms with Crippen molar-refractivity contribution in [2.24, 2.45) is 0 Å². The Morgan fingerprint density at radius 1 is 1.00 bits per heavy atom. The van der Waals surface area contributed by atoms with Crippen molar-refractivity contribution in [3.8, 4) is 5.75 Å². The average molecular weight is 425 g/mol. The number of carboxylic acids is 1. The number of hydrogen-bond donors (Lipinski definition) is 2. The van der Waals surface area contributed by atoms with Gasteiger partial charge in [0, 0.05) is 17.4 Å². The van der Waals surface area contributed by atoms with Crippen molar-refractivity contribution in [1.82, 2.24) is 4.98 Å². The molecule has 0 saturated carbocycles. The second-order valence-electron chi connectivity index (χ2n) is 5.73. The van der Waals surface area contributed by atoms with E-state index in [9.17, 15) is 14.7 Å². The van der Waals surface area contributed by atoms with E-state index in [-0.39, 0.29) is 47.3 Å². The normalized spacial score (nSPS) is 10.0. The number of pyridine rings is 1. The van der Waals surface area contributed by atoms with Gasteiger partial charge in [0.1, 0.15) is 12.4 Å². The van der Waals surface area contributed by atoms with Crippen LogP contribution in [0.4, 0.5) is 5.69 Å². The van der Waals surface area contributed by atoms with Crippen LogP contribution in [0.25, 0.3) is 0 Å². The van der Waals surface area contributed by atoms with Gasteiger partial charge in [-0.3, -0.25) is 9.78 Å². The molecule has 29 heavy (non-hydrogen) atoms. The first-order chi connectivity index (χ1) is 13.4. The Kier molecular flexibility index (Phi) is 8.12. The van der Waals surface area contributed by atoms with Crippen molar-refractivity contribution >= 4 is 59.6 Å². The summed E-state index contributed by atoms with van der Waals surface area (Å²) in [7, 11) is 0. The maximum absolute atomic E-state index is 12.4. The standard InChI is InChI=1S/C20H14Cl2N2O4.Li.H/c21-13-1-3-15(17(22)9-13)19(25)24-18-4-2-14(10-16(18)20(26)27)28-11-12-5-7-23-8-6-12;;/h1-10H,11H2,(H,24,25)(H,26,27);;. The van der Waals surface area contributed by atoms with E-state index in [2.05, 4.69) is 10.3 Å². The van der Waals surface area contributed by atoms with Crippen LogP contribution < -0.4 is 10.1 Å². The Labute approximate surface area is 189 Å². The number of rotatable bonds is 6. The van der Waals surface area contributed by atoms with Crippen LogP contribution in [0.2, 0.25) is 10.0 Å². The topological polar surface area (TPSA) is 88.5 Å². The van der Waals surface area contributed by atoms with Crippen LogP contribution in [0, 0.1) is 0 Å². The number of carbonyl (C=O) groups excluding carboxylic acids is 1. The van der Waals surface area contributed by atoms with Gasteiger partial charge in [-0.25, -0.2) is 4.79 Å². The molecule has 2 N–H and O–H groups in total. The van der Waals surface area contributed by atoms with E-state index in [1.165, 1.54) is 30.3 Å². The van der Waals surface area contributed by atoms with E-state index in [1.807, 2.05) is 0 Å². The molecule has 1 aromatic heterocycles. The maximum atomic E-state index is 12.4. The Morgan fingerprint density at radius 2 is 1.72 bits per heavy atom. The first kappa shape index (κ1) is 22.8. The molecule has 9 heteroatoms. The molecule has 0 atom stereocenters. The summed E-state index contributed by atoms with van der Waals surface area (Å²) in [5.74, 6) is -1.39. The summed E-state index contributed by atoms with van der Waals surface area (Å²) >= 11 is 11.9. The van der Waals surface area contributed by atoms with E-state index in [4.69, 9.17) is 27.9 Å². The van der Waals surface area contributed by atoms with Crippen LogP contribution in [0.15, 0.2) is 60.9 Å². The van der Waals surface area contributed by atoms with Crippen molar-refractivity contribution in [3.05, 3.63) is 87.7 Å². The number of aromatic nitrogens is 1. The summed E-state index contributed by atoms with van der Waals surface area (Å²) in [6, 6.07) is 12.4. The van der Waals surface area contributed by atoms with Crippen LogP contribution >= 0.6 is 23.2 Å². The van der Waals surface area contributed by atoms with Gasteiger partial charge >= 0.3 is 24.8 Å². The molecule has 0 aliphatic rings. The molecule has 0 radical (unpaired) electrons. The summed E-state index contributed by atoms with van der Waals surface area (Å²) in [5, 5.41) is 12.6. The number of carboxylic acid groups (broad SMARTS) is 1. The number of nitrogens with zero attached hydrogens (tertiary/aromatic N) is 1. The summed E-state index contributed by atoms with van der Waals surface area (Å²) in [4.78, 5) is 28.0. The van der Waals surface area contributed by atoms with Gasteiger partial charge < -0.3 is 15.2 Å². The van der Waals surface area contributed by atoms with Crippen LogP contribution in [0.5, 0.6) is 5.75 Å². The zero-order valence-corrected chi connectivity index (χ0v) is 15.9. The molecule has 0 fully saturated rings. The number of carbonyl (C=O) groups is 2. The third kappa shape index (κ3) is 5.99. The fourth-order valence-corrected chi connectivity index (χ4v) is 2.90. The zero-order valence-electron chi connectivity index (χ0n) is 14.4. The minimum atomic E-state index is -1.20. The Bertz CT molecular complexity index is 1030. The number of ether oxygens (including phenoxy) is 1. The zero-order chi connectivity index (χ0) is 20.1. The molecule has 0 bridgehead atoms. The van der Waals surface area contributed by atoms with Crippen molar-refractivity contribution in [2.75, 3.05) is 5.32 Å². The predicted molar refractivity (Wildman–Crippen MR) is 114 cm³/mol. The van der Waals surface area contributed by atoms with Crippen LogP contribution in [0.1, 0.15) is 26.3 Å². The summed E-state index contributed by atoms with van der Waals surface area (Å²) in [5.41, 5.74) is 1.09. The Hall–Kier alpha value is -2.49. The Morgan fingerprint density at radius 3 is 2.38 bits per heavy atom. The molecule has 3 aromatic rings. The summed E-state index contributed by atoms with van der Waals surface area (Å²) in [6.07, 6.45) is 3.28. The molecule has 0 spiro atoms. The van der Waals surface area contributed by atoms with E-state index >= 15 is 0 Å². The number of benzene rings is 2. The number of anilines is 1. The molecule has 6 nitrogen and oxygen atoms in total. The molecule has 0 aliphatic heterocycles. The van der Waals surface area contributed by atoms with Gasteiger partial charge in [0.15, 0.2) is 0 Å². The molecule has 2 aromatic carbocycles. The van der Waals surface area contributed by atoms with E-state index in [0.29, 0.717) is 10.8 Å². The first-order valence-corrected chi connectivity index (χ1v) is 8.85. The molecule has 0 saturated heterocycles. The SMILES string of the molecule is O=C(Nc1ccc(OCc2ccncc2)cc1C(=O)O)c1ccc(Cl)cc1Cl.[LiH]. The number of aromatic carboxylic acids is 1. The van der Waals surface area contributed by atoms with E-state index in [0.717, 1.165) is 5.56 Å². The molecule has 0 unspecified atom stereocenters. The molecule has 1 heterocycles. The van der Waals surface area contributed by atoms with Crippen LogP contribution in [-0.4, -0.2) is 40.8 Å². The van der Waals surface area contributed by atoms with E-state index < -0.39 is 11.9 Å². The van der Waals surface area contributed by atoms with Gasteiger partial charge in [-0.1, -0.05) is 23.2 Å². The number of hydrogen-bond acceptors (Lipinski definition) is 4. The second kappa shape index (κ2) is 10.3. The monoisotopic (exact) mass is 424 g/mol. The number of nitrogens with one attached hydrogen (secondary N) is 1. The number of amides is 1. The Balaban J connectivity index is 0.00000300. The quantitative estimate of drug-likeness (QED) is 0.576. The van der Waals surface area contributed by atoms with Gasteiger partial charge in [0.05, 0.1) is 21.8 Å². The first-order valence-electron chi connectivity index (χ1n) is 8.09. The molecular weight excluding hydrogens is 410 g/mol. The number of halogens is 2. The minimum absolute atomic E-state index is 0. The molecule has 144 valence electrons. The van der Waals surface area contributed by atoms with Gasteiger partial charge in [0.2, 0.25) is 0 Å². The van der Waals surface area contributed by atoms with Gasteiger partial charge in [-0.15, -0.1) is 0 Å². The molecule has 3 rings (SSSR count). The van der Waals surface area contributed by atoms with Crippen LogP contribution in [0.3, 0.4) is 0 Å². The second-order valence-corrected chi connectivity index (χ2v) is 6.58. The molecule has 0 aliphatic carbocycles. The van der Waals surface area contributed by atoms with Gasteiger partial charge in [-0.2, -0.15) is 0 Å². The van der Waals surface area contributed by atoms with E-state index in [1.54, 1.807) is 30.6 Å². The van der Waals surface area contributed by atoms with Crippen molar-refractivity contribution in [2.45, 2.75) is 6.61 Å². The van der Waals surface area contributed by atoms with Crippen molar-refractivity contribution in [3.63, 3.8) is 0 Å². The fraction of sp³-hybridized carbons (Fsp3) is 0.0500. The van der Waals surface area contributed by atoms with Crippen LogP contribution in [-0.2, 0) is 6.61 Å². The fourth-order valence-electron chi connectivity index (χ4n) is 2.41. The average Bonchev–Trinajstić information content (AvgIpc) is 2.67. The molecule has 1 amide bonds. The van der Waals surface area contributed by atoms with Gasteiger partial charge in [-0.05, 0) is 54.1 Å².